The van der Waals surface area contributed by atoms with E-state index in [1.54, 1.807) is 0 Å². The predicted molar refractivity (Wildman–Crippen MR) is 128 cm³/mol. The van der Waals surface area contributed by atoms with E-state index in [4.69, 9.17) is 9.68 Å². The molecule has 0 atom stereocenters. The lowest BCUT2D eigenvalue weighted by Crippen LogP contribution is -2.45. The Kier molecular flexibility index (Phi) is 5.77. The largest absolute Gasteiger partial charge is 0.460 e. The van der Waals surface area contributed by atoms with E-state index < -0.39 is 0 Å². The van der Waals surface area contributed by atoms with Crippen LogP contribution >= 0.6 is 0 Å². The van der Waals surface area contributed by atoms with Gasteiger partial charge in [0.2, 0.25) is 0 Å². The second kappa shape index (κ2) is 9.00. The number of aryl methyl sites for hydroxylation is 1. The van der Waals surface area contributed by atoms with Crippen molar-refractivity contribution in [1.29, 1.82) is 5.26 Å². The van der Waals surface area contributed by atoms with Crippen LogP contribution in [0.1, 0.15) is 22.5 Å². The number of hydrogen-bond acceptors (Lipinski definition) is 4. The maximum atomic E-state index is 9.10. The fraction of sp³-hybridized carbons (Fsp3) is 0.250. The molecular formula is C28H27N3O. The molecule has 0 bridgehead atoms. The zero-order valence-electron chi connectivity index (χ0n) is 18.4. The molecule has 0 aliphatic carbocycles. The molecular weight excluding hydrogens is 394 g/mol. The van der Waals surface area contributed by atoms with Gasteiger partial charge >= 0.3 is 0 Å². The minimum absolute atomic E-state index is 0.733. The fourth-order valence-electron chi connectivity index (χ4n) is 4.43. The second-order valence-electron chi connectivity index (χ2n) is 8.70. The summed E-state index contributed by atoms with van der Waals surface area (Å²) in [4.78, 5) is 4.92. The minimum Gasteiger partial charge on any atom is -0.460 e. The molecule has 2 heterocycles. The number of nitriles is 1. The molecule has 0 amide bonds. The first-order chi connectivity index (χ1) is 15.7. The average molecular weight is 422 g/mol. The molecule has 4 nitrogen and oxygen atoms in total. The fourth-order valence-corrected chi connectivity index (χ4v) is 4.43. The van der Waals surface area contributed by atoms with Crippen molar-refractivity contribution >= 4 is 11.0 Å². The van der Waals surface area contributed by atoms with Gasteiger partial charge in [0, 0.05) is 38.1 Å². The Morgan fingerprint density at radius 3 is 2.28 bits per heavy atom. The van der Waals surface area contributed by atoms with Gasteiger partial charge in [-0.05, 0) is 53.9 Å². The zero-order chi connectivity index (χ0) is 21.9. The number of piperazine rings is 1. The highest BCUT2D eigenvalue weighted by Gasteiger charge is 2.18. The Morgan fingerprint density at radius 2 is 1.53 bits per heavy atom. The number of benzene rings is 3. The summed E-state index contributed by atoms with van der Waals surface area (Å²) in [6.07, 6.45) is 0. The van der Waals surface area contributed by atoms with Crippen molar-refractivity contribution in [2.45, 2.75) is 20.0 Å². The van der Waals surface area contributed by atoms with Crippen molar-refractivity contribution in [3.8, 4) is 17.2 Å². The maximum absolute atomic E-state index is 9.10. The molecule has 0 unspecified atom stereocenters. The third-order valence-electron chi connectivity index (χ3n) is 6.26. The Hall–Kier alpha value is -3.39. The van der Waals surface area contributed by atoms with Crippen LogP contribution in [0, 0.1) is 18.3 Å². The van der Waals surface area contributed by atoms with Gasteiger partial charge in [0.25, 0.3) is 0 Å². The summed E-state index contributed by atoms with van der Waals surface area (Å²) in [5.74, 6) is 1.02. The van der Waals surface area contributed by atoms with E-state index in [-0.39, 0.29) is 0 Å². The number of hydrogen-bond donors (Lipinski definition) is 0. The number of furan rings is 1. The van der Waals surface area contributed by atoms with E-state index in [1.807, 2.05) is 18.2 Å². The first kappa shape index (κ1) is 20.5. The third kappa shape index (κ3) is 4.60. The molecule has 1 fully saturated rings. The molecule has 3 aromatic carbocycles. The molecule has 32 heavy (non-hydrogen) atoms. The van der Waals surface area contributed by atoms with Crippen molar-refractivity contribution < 1.29 is 4.42 Å². The minimum atomic E-state index is 0.733. The SMILES string of the molecule is Cc1ccc(-c2ccc3oc(CN4CCN(Cc5cccc(C#N)c5)CC4)cc3c2)cc1. The molecule has 1 saturated heterocycles. The van der Waals surface area contributed by atoms with Crippen LogP contribution in [0.3, 0.4) is 0 Å². The van der Waals surface area contributed by atoms with E-state index in [2.05, 4.69) is 77.4 Å². The molecule has 5 rings (SSSR count). The van der Waals surface area contributed by atoms with Crippen LogP contribution in [-0.4, -0.2) is 36.0 Å². The van der Waals surface area contributed by atoms with Crippen LogP contribution in [0.15, 0.2) is 77.2 Å². The van der Waals surface area contributed by atoms with Gasteiger partial charge in [0.05, 0.1) is 18.2 Å². The number of rotatable bonds is 5. The summed E-state index contributed by atoms with van der Waals surface area (Å²) in [7, 11) is 0. The summed E-state index contributed by atoms with van der Waals surface area (Å²) in [6.45, 7) is 7.93. The van der Waals surface area contributed by atoms with E-state index in [9.17, 15) is 0 Å². The quantitative estimate of drug-likeness (QED) is 0.421. The Bertz CT molecular complexity index is 1260. The molecule has 0 N–H and O–H groups in total. The van der Waals surface area contributed by atoms with Crippen molar-refractivity contribution in [3.63, 3.8) is 0 Å². The molecule has 1 aliphatic rings. The highest BCUT2D eigenvalue weighted by atomic mass is 16.3. The molecule has 0 spiro atoms. The predicted octanol–water partition coefficient (Wildman–Crippen LogP) is 5.60. The number of nitrogens with zero attached hydrogens (tertiary/aromatic N) is 3. The summed E-state index contributed by atoms with van der Waals surface area (Å²) in [5.41, 5.74) is 6.62. The molecule has 4 aromatic rings. The van der Waals surface area contributed by atoms with Crippen LogP contribution in [0.25, 0.3) is 22.1 Å². The summed E-state index contributed by atoms with van der Waals surface area (Å²) < 4.78 is 6.14. The third-order valence-corrected chi connectivity index (χ3v) is 6.26. The smallest absolute Gasteiger partial charge is 0.134 e. The van der Waals surface area contributed by atoms with Crippen molar-refractivity contribution in [3.05, 3.63) is 95.2 Å². The molecule has 1 aliphatic heterocycles. The lowest BCUT2D eigenvalue weighted by Gasteiger charge is -2.34. The zero-order valence-corrected chi connectivity index (χ0v) is 18.4. The van der Waals surface area contributed by atoms with Crippen LogP contribution in [0.2, 0.25) is 0 Å². The monoisotopic (exact) mass is 421 g/mol. The van der Waals surface area contributed by atoms with E-state index in [0.29, 0.717) is 0 Å². The van der Waals surface area contributed by atoms with Gasteiger partial charge in [0.1, 0.15) is 11.3 Å². The number of fused-ring (bicyclic) bond motifs is 1. The van der Waals surface area contributed by atoms with Crippen LogP contribution < -0.4 is 0 Å². The molecule has 160 valence electrons. The van der Waals surface area contributed by atoms with Gasteiger partial charge in [0.15, 0.2) is 0 Å². The van der Waals surface area contributed by atoms with E-state index in [1.165, 1.54) is 22.3 Å². The molecule has 0 radical (unpaired) electrons. The molecule has 0 saturated carbocycles. The first-order valence-corrected chi connectivity index (χ1v) is 11.2. The summed E-state index contributed by atoms with van der Waals surface area (Å²) >= 11 is 0. The van der Waals surface area contributed by atoms with Gasteiger partial charge in [-0.1, -0.05) is 48.0 Å². The van der Waals surface area contributed by atoms with Crippen molar-refractivity contribution in [1.82, 2.24) is 9.80 Å². The lowest BCUT2D eigenvalue weighted by atomic mass is 10.0. The van der Waals surface area contributed by atoms with E-state index >= 15 is 0 Å². The van der Waals surface area contributed by atoms with Crippen molar-refractivity contribution in [2.24, 2.45) is 0 Å². The second-order valence-corrected chi connectivity index (χ2v) is 8.70. The van der Waals surface area contributed by atoms with Gasteiger partial charge in [-0.3, -0.25) is 9.80 Å². The van der Waals surface area contributed by atoms with Crippen LogP contribution in [-0.2, 0) is 13.1 Å². The molecule has 1 aromatic heterocycles. The van der Waals surface area contributed by atoms with Crippen LogP contribution in [0.5, 0.6) is 0 Å². The Labute approximate surface area is 189 Å². The Morgan fingerprint density at radius 1 is 0.812 bits per heavy atom. The first-order valence-electron chi connectivity index (χ1n) is 11.2. The van der Waals surface area contributed by atoms with Gasteiger partial charge < -0.3 is 4.42 Å². The summed E-state index contributed by atoms with van der Waals surface area (Å²) in [5, 5.41) is 10.3. The van der Waals surface area contributed by atoms with Gasteiger partial charge in [-0.25, -0.2) is 0 Å². The van der Waals surface area contributed by atoms with Crippen molar-refractivity contribution in [2.75, 3.05) is 26.2 Å². The van der Waals surface area contributed by atoms with Gasteiger partial charge in [-0.2, -0.15) is 5.26 Å². The van der Waals surface area contributed by atoms with Crippen LogP contribution in [0.4, 0.5) is 0 Å². The van der Waals surface area contributed by atoms with Gasteiger partial charge in [-0.15, -0.1) is 0 Å². The average Bonchev–Trinajstić information content (AvgIpc) is 3.22. The maximum Gasteiger partial charge on any atom is 0.134 e. The topological polar surface area (TPSA) is 43.4 Å². The molecule has 4 heteroatoms. The normalized spacial score (nSPS) is 15.1. The highest BCUT2D eigenvalue weighted by molar-refractivity contribution is 5.84. The Balaban J connectivity index is 1.21. The standard InChI is InChI=1S/C28H27N3O/c1-21-5-7-24(8-6-21)25-9-10-28-26(16-25)17-27(32-28)20-31-13-11-30(12-14-31)19-23-4-2-3-22(15-23)18-29/h2-10,15-17H,11-14,19-20H2,1H3. The summed E-state index contributed by atoms with van der Waals surface area (Å²) in [6, 6.07) is 27.4. The highest BCUT2D eigenvalue weighted by Crippen LogP contribution is 2.27. The van der Waals surface area contributed by atoms with E-state index in [0.717, 1.165) is 61.6 Å². The lowest BCUT2D eigenvalue weighted by molar-refractivity contribution is 0.116.